The summed E-state index contributed by atoms with van der Waals surface area (Å²) in [7, 11) is 0. The van der Waals surface area contributed by atoms with E-state index in [0.717, 1.165) is 5.69 Å². The molecule has 2 aromatic heterocycles. The van der Waals surface area contributed by atoms with Gasteiger partial charge in [-0.05, 0) is 25.1 Å². The van der Waals surface area contributed by atoms with E-state index >= 15 is 0 Å². The molecule has 0 spiro atoms. The molecule has 2 heterocycles. The minimum Gasteiger partial charge on any atom is -0.472 e. The van der Waals surface area contributed by atoms with Crippen LogP contribution in [0.3, 0.4) is 0 Å². The van der Waals surface area contributed by atoms with Gasteiger partial charge in [0, 0.05) is 44.4 Å². The number of pyridine rings is 1. The highest BCUT2D eigenvalue weighted by atomic mass is 16.3. The first-order valence-corrected chi connectivity index (χ1v) is 7.68. The average Bonchev–Trinajstić information content (AvgIpc) is 3.10. The molecule has 0 aromatic carbocycles. The van der Waals surface area contributed by atoms with Crippen LogP contribution in [-0.4, -0.2) is 41.3 Å². The Bertz CT molecular complexity index is 611. The normalized spacial score (nSPS) is 10.3. The van der Waals surface area contributed by atoms with Crippen molar-refractivity contribution in [3.8, 4) is 0 Å². The van der Waals surface area contributed by atoms with Crippen LogP contribution >= 0.6 is 0 Å². The van der Waals surface area contributed by atoms with Gasteiger partial charge in [-0.3, -0.25) is 14.6 Å². The summed E-state index contributed by atoms with van der Waals surface area (Å²) >= 11 is 0. The number of hydrogen-bond donors (Lipinski definition) is 1. The zero-order chi connectivity index (χ0) is 16.5. The van der Waals surface area contributed by atoms with Crippen molar-refractivity contribution >= 4 is 11.8 Å². The molecule has 0 bridgehead atoms. The Kier molecular flexibility index (Phi) is 6.35. The number of furan rings is 1. The zero-order valence-corrected chi connectivity index (χ0v) is 13.2. The van der Waals surface area contributed by atoms with E-state index in [1.165, 1.54) is 12.5 Å². The van der Waals surface area contributed by atoms with Crippen LogP contribution in [0.2, 0.25) is 0 Å². The maximum Gasteiger partial charge on any atom is 0.257 e. The van der Waals surface area contributed by atoms with Gasteiger partial charge in [-0.15, -0.1) is 0 Å². The van der Waals surface area contributed by atoms with Crippen molar-refractivity contribution in [2.24, 2.45) is 0 Å². The lowest BCUT2D eigenvalue weighted by Crippen LogP contribution is -2.35. The van der Waals surface area contributed by atoms with Gasteiger partial charge in [0.15, 0.2) is 0 Å². The summed E-state index contributed by atoms with van der Waals surface area (Å²) in [6, 6.07) is 7.33. The van der Waals surface area contributed by atoms with Gasteiger partial charge < -0.3 is 14.6 Å². The van der Waals surface area contributed by atoms with E-state index in [4.69, 9.17) is 4.42 Å². The van der Waals surface area contributed by atoms with Crippen molar-refractivity contribution in [3.05, 3.63) is 54.2 Å². The maximum atomic E-state index is 12.2. The van der Waals surface area contributed by atoms with Crippen molar-refractivity contribution in [3.63, 3.8) is 0 Å². The molecule has 0 aliphatic heterocycles. The number of carbonyl (C=O) groups excluding carboxylic acids is 2. The van der Waals surface area contributed by atoms with Gasteiger partial charge in [0.05, 0.1) is 11.8 Å². The minimum absolute atomic E-state index is 0.0700. The molecular formula is C17H21N3O3. The highest BCUT2D eigenvalue weighted by Gasteiger charge is 2.16. The SMILES string of the molecule is CCN(CCC(=O)NCCc1ccccn1)C(=O)c1ccoc1. The van der Waals surface area contributed by atoms with Crippen LogP contribution in [0.15, 0.2) is 47.4 Å². The van der Waals surface area contributed by atoms with E-state index < -0.39 is 0 Å². The highest BCUT2D eigenvalue weighted by Crippen LogP contribution is 2.06. The van der Waals surface area contributed by atoms with E-state index in [0.29, 0.717) is 31.6 Å². The lowest BCUT2D eigenvalue weighted by molar-refractivity contribution is -0.121. The summed E-state index contributed by atoms with van der Waals surface area (Å²) in [6.07, 6.45) is 5.58. The smallest absolute Gasteiger partial charge is 0.257 e. The molecule has 0 atom stereocenters. The predicted molar refractivity (Wildman–Crippen MR) is 85.9 cm³/mol. The van der Waals surface area contributed by atoms with E-state index in [1.807, 2.05) is 25.1 Å². The van der Waals surface area contributed by atoms with E-state index in [2.05, 4.69) is 10.3 Å². The molecular weight excluding hydrogens is 294 g/mol. The molecule has 0 fully saturated rings. The monoisotopic (exact) mass is 315 g/mol. The van der Waals surface area contributed by atoms with Gasteiger partial charge in [0.2, 0.25) is 5.91 Å². The van der Waals surface area contributed by atoms with E-state index in [-0.39, 0.29) is 18.2 Å². The Hall–Kier alpha value is -2.63. The number of carbonyl (C=O) groups is 2. The molecule has 0 aliphatic rings. The van der Waals surface area contributed by atoms with Crippen LogP contribution in [0.1, 0.15) is 29.4 Å². The van der Waals surface area contributed by atoms with E-state index in [9.17, 15) is 9.59 Å². The predicted octanol–water partition coefficient (Wildman–Crippen LogP) is 1.89. The van der Waals surface area contributed by atoms with Crippen molar-refractivity contribution in [2.45, 2.75) is 19.8 Å². The molecule has 1 N–H and O–H groups in total. The third-order valence-corrected chi connectivity index (χ3v) is 3.48. The molecule has 2 amide bonds. The quantitative estimate of drug-likeness (QED) is 0.807. The van der Waals surface area contributed by atoms with Crippen LogP contribution in [0, 0.1) is 0 Å². The number of amides is 2. The van der Waals surface area contributed by atoms with Crippen molar-refractivity contribution in [2.75, 3.05) is 19.6 Å². The first kappa shape index (κ1) is 16.7. The maximum absolute atomic E-state index is 12.2. The first-order valence-electron chi connectivity index (χ1n) is 7.68. The molecule has 6 nitrogen and oxygen atoms in total. The van der Waals surface area contributed by atoms with Crippen molar-refractivity contribution in [1.29, 1.82) is 0 Å². The minimum atomic E-state index is -0.123. The molecule has 122 valence electrons. The molecule has 0 aliphatic carbocycles. The Morgan fingerprint density at radius 2 is 2.17 bits per heavy atom. The average molecular weight is 315 g/mol. The summed E-state index contributed by atoms with van der Waals surface area (Å²) < 4.78 is 4.92. The Morgan fingerprint density at radius 1 is 1.30 bits per heavy atom. The fourth-order valence-electron chi connectivity index (χ4n) is 2.17. The van der Waals surface area contributed by atoms with Crippen molar-refractivity contribution < 1.29 is 14.0 Å². The zero-order valence-electron chi connectivity index (χ0n) is 13.2. The number of hydrogen-bond acceptors (Lipinski definition) is 4. The van der Waals surface area contributed by atoms with Gasteiger partial charge in [-0.2, -0.15) is 0 Å². The lowest BCUT2D eigenvalue weighted by Gasteiger charge is -2.19. The summed E-state index contributed by atoms with van der Waals surface area (Å²) in [5.74, 6) is -0.193. The molecule has 0 unspecified atom stereocenters. The number of nitrogens with one attached hydrogen (secondary N) is 1. The highest BCUT2D eigenvalue weighted by molar-refractivity contribution is 5.94. The van der Waals surface area contributed by atoms with Gasteiger partial charge in [-0.1, -0.05) is 6.07 Å². The molecule has 2 rings (SSSR count). The molecule has 6 heteroatoms. The van der Waals surface area contributed by atoms with Gasteiger partial charge in [0.1, 0.15) is 6.26 Å². The number of nitrogens with zero attached hydrogens (tertiary/aromatic N) is 2. The van der Waals surface area contributed by atoms with Crippen molar-refractivity contribution in [1.82, 2.24) is 15.2 Å². The topological polar surface area (TPSA) is 75.4 Å². The van der Waals surface area contributed by atoms with Crippen LogP contribution in [0.25, 0.3) is 0 Å². The second-order valence-electron chi connectivity index (χ2n) is 5.07. The first-order chi connectivity index (χ1) is 11.2. The summed E-state index contributed by atoms with van der Waals surface area (Å²) in [6.45, 7) is 3.36. The standard InChI is InChI=1S/C17H21N3O3/c1-2-20(17(22)14-8-12-23-13-14)11-7-16(21)19-10-6-15-5-3-4-9-18-15/h3-5,8-9,12-13H,2,6-7,10-11H2,1H3,(H,19,21). The van der Waals surface area contributed by atoms with Crippen LogP contribution in [0.5, 0.6) is 0 Å². The fraction of sp³-hybridized carbons (Fsp3) is 0.353. The summed E-state index contributed by atoms with van der Waals surface area (Å²) in [5.41, 5.74) is 1.44. The summed E-state index contributed by atoms with van der Waals surface area (Å²) in [4.78, 5) is 29.9. The molecule has 2 aromatic rings. The molecule has 0 radical (unpaired) electrons. The lowest BCUT2D eigenvalue weighted by atomic mass is 10.2. The fourth-order valence-corrected chi connectivity index (χ4v) is 2.17. The summed E-state index contributed by atoms with van der Waals surface area (Å²) in [5, 5.41) is 2.85. The number of rotatable bonds is 8. The van der Waals surface area contributed by atoms with Gasteiger partial charge >= 0.3 is 0 Å². The van der Waals surface area contributed by atoms with Gasteiger partial charge in [0.25, 0.3) is 5.91 Å². The van der Waals surface area contributed by atoms with E-state index in [1.54, 1.807) is 17.2 Å². The number of aromatic nitrogens is 1. The third kappa shape index (κ3) is 5.25. The molecule has 0 saturated carbocycles. The molecule has 23 heavy (non-hydrogen) atoms. The Morgan fingerprint density at radius 3 is 2.83 bits per heavy atom. The van der Waals surface area contributed by atoms with Gasteiger partial charge in [-0.25, -0.2) is 0 Å². The van der Waals surface area contributed by atoms with Crippen LogP contribution < -0.4 is 5.32 Å². The largest absolute Gasteiger partial charge is 0.472 e. The Balaban J connectivity index is 1.71. The third-order valence-electron chi connectivity index (χ3n) is 3.48. The molecule has 0 saturated heterocycles. The van der Waals surface area contributed by atoms with Crippen LogP contribution in [-0.2, 0) is 11.2 Å². The Labute approximate surface area is 135 Å². The second kappa shape index (κ2) is 8.73. The van der Waals surface area contributed by atoms with Crippen LogP contribution in [0.4, 0.5) is 0 Å². The second-order valence-corrected chi connectivity index (χ2v) is 5.07.